The molecule has 0 saturated heterocycles. The maximum Gasteiger partial charge on any atom is 0.255 e. The SMILES string of the molecule is O=CN[C@H](n1cnccc1=O)C(Cl)(Cl)Cl. The highest BCUT2D eigenvalue weighted by Crippen LogP contribution is 2.35. The van der Waals surface area contributed by atoms with E-state index in [4.69, 9.17) is 34.8 Å². The van der Waals surface area contributed by atoms with Crippen LogP contribution in [-0.2, 0) is 4.79 Å². The van der Waals surface area contributed by atoms with E-state index in [0.717, 1.165) is 4.57 Å². The second-order valence-electron chi connectivity index (χ2n) is 2.55. The van der Waals surface area contributed by atoms with Gasteiger partial charge < -0.3 is 5.32 Å². The Morgan fingerprint density at radius 1 is 1.53 bits per heavy atom. The number of hydrogen-bond donors (Lipinski definition) is 1. The highest BCUT2D eigenvalue weighted by atomic mass is 35.6. The van der Waals surface area contributed by atoms with Crippen molar-refractivity contribution >= 4 is 41.2 Å². The number of alkyl halides is 3. The first-order chi connectivity index (χ1) is 6.96. The molecule has 0 aliphatic carbocycles. The minimum Gasteiger partial charge on any atom is -0.334 e. The standard InChI is InChI=1S/C7H6Cl3N3O2/c8-7(9,10)6(12-4-14)13-3-11-2-1-5(13)15/h1-4,6H,(H,12,14)/t6-/m1/s1. The molecule has 1 atom stereocenters. The zero-order chi connectivity index (χ0) is 11.5. The summed E-state index contributed by atoms with van der Waals surface area (Å²) in [7, 11) is 0. The van der Waals surface area contributed by atoms with Crippen molar-refractivity contribution in [2.45, 2.75) is 9.96 Å². The van der Waals surface area contributed by atoms with Crippen molar-refractivity contribution in [3.8, 4) is 0 Å². The third-order valence-corrected chi connectivity index (χ3v) is 2.18. The van der Waals surface area contributed by atoms with E-state index in [1.54, 1.807) is 0 Å². The summed E-state index contributed by atoms with van der Waals surface area (Å²) in [5.41, 5.74) is -0.435. The number of aromatic nitrogens is 2. The summed E-state index contributed by atoms with van der Waals surface area (Å²) in [6, 6.07) is 1.19. The van der Waals surface area contributed by atoms with Crippen LogP contribution in [0, 0.1) is 0 Å². The third-order valence-electron chi connectivity index (χ3n) is 1.56. The Bertz CT molecular complexity index is 401. The lowest BCUT2D eigenvalue weighted by molar-refractivity contribution is -0.110. The van der Waals surface area contributed by atoms with Gasteiger partial charge in [0, 0.05) is 12.3 Å². The molecule has 1 aromatic heterocycles. The van der Waals surface area contributed by atoms with Crippen molar-refractivity contribution in [1.82, 2.24) is 14.9 Å². The fraction of sp³-hybridized carbons (Fsp3) is 0.286. The van der Waals surface area contributed by atoms with Crippen molar-refractivity contribution in [2.24, 2.45) is 0 Å². The zero-order valence-corrected chi connectivity index (χ0v) is 9.50. The van der Waals surface area contributed by atoms with Gasteiger partial charge in [-0.3, -0.25) is 14.2 Å². The number of carbonyl (C=O) groups is 1. The molecule has 1 N–H and O–H groups in total. The molecule has 0 bridgehead atoms. The number of halogens is 3. The molecule has 1 aromatic rings. The third kappa shape index (κ3) is 3.09. The Hall–Kier alpha value is -0.780. The average molecular weight is 271 g/mol. The van der Waals surface area contributed by atoms with E-state index in [0.29, 0.717) is 6.41 Å². The Morgan fingerprint density at radius 3 is 2.67 bits per heavy atom. The van der Waals surface area contributed by atoms with E-state index < -0.39 is 15.5 Å². The predicted octanol–water partition coefficient (Wildman–Crippen LogP) is 0.858. The second kappa shape index (κ2) is 4.83. The van der Waals surface area contributed by atoms with Crippen LogP contribution in [0.3, 0.4) is 0 Å². The molecule has 0 saturated carbocycles. The van der Waals surface area contributed by atoms with Gasteiger partial charge in [-0.25, -0.2) is 4.98 Å². The van der Waals surface area contributed by atoms with Crippen molar-refractivity contribution in [3.63, 3.8) is 0 Å². The quantitative estimate of drug-likeness (QED) is 0.654. The van der Waals surface area contributed by atoms with Crippen LogP contribution in [0.5, 0.6) is 0 Å². The number of rotatable bonds is 3. The maximum atomic E-state index is 11.4. The summed E-state index contributed by atoms with van der Waals surface area (Å²) in [6.07, 6.45) is 1.72. The fourth-order valence-corrected chi connectivity index (χ4v) is 1.46. The summed E-state index contributed by atoms with van der Waals surface area (Å²) < 4.78 is -0.824. The smallest absolute Gasteiger partial charge is 0.255 e. The van der Waals surface area contributed by atoms with Gasteiger partial charge in [0.2, 0.25) is 10.2 Å². The van der Waals surface area contributed by atoms with Crippen LogP contribution < -0.4 is 10.9 Å². The van der Waals surface area contributed by atoms with Crippen molar-refractivity contribution in [3.05, 3.63) is 28.9 Å². The van der Waals surface area contributed by atoms with E-state index in [1.807, 2.05) is 0 Å². The number of amides is 1. The zero-order valence-electron chi connectivity index (χ0n) is 7.23. The van der Waals surface area contributed by atoms with Gasteiger partial charge in [0.1, 0.15) is 0 Å². The van der Waals surface area contributed by atoms with Gasteiger partial charge in [0.25, 0.3) is 5.56 Å². The van der Waals surface area contributed by atoms with Crippen LogP contribution in [0.2, 0.25) is 0 Å². The first-order valence-corrected chi connectivity index (χ1v) is 4.89. The summed E-state index contributed by atoms with van der Waals surface area (Å²) in [6.45, 7) is 0. The van der Waals surface area contributed by atoms with Crippen LogP contribution >= 0.6 is 34.8 Å². The van der Waals surface area contributed by atoms with Crippen LogP contribution in [0.15, 0.2) is 23.4 Å². The van der Waals surface area contributed by atoms with Crippen molar-refractivity contribution < 1.29 is 4.79 Å². The summed E-state index contributed by atoms with van der Waals surface area (Å²) in [5, 5.41) is 2.23. The molecule has 0 aliphatic rings. The lowest BCUT2D eigenvalue weighted by Gasteiger charge is -2.24. The molecule has 0 unspecified atom stereocenters. The van der Waals surface area contributed by atoms with E-state index in [9.17, 15) is 9.59 Å². The number of hydrogen-bond acceptors (Lipinski definition) is 3. The lowest BCUT2D eigenvalue weighted by atomic mass is 10.5. The molecule has 0 aliphatic heterocycles. The summed E-state index contributed by atoms with van der Waals surface area (Å²) in [5.74, 6) is 0. The molecular weight excluding hydrogens is 264 g/mol. The topological polar surface area (TPSA) is 64.0 Å². The number of nitrogens with zero attached hydrogens (tertiary/aromatic N) is 2. The molecule has 0 fully saturated rings. The molecule has 1 rings (SSSR count). The minimum atomic E-state index is -1.84. The molecule has 0 spiro atoms. The molecule has 1 amide bonds. The monoisotopic (exact) mass is 269 g/mol. The molecule has 8 heteroatoms. The van der Waals surface area contributed by atoms with Gasteiger partial charge >= 0.3 is 0 Å². The molecular formula is C7H6Cl3N3O2. The van der Waals surface area contributed by atoms with E-state index in [2.05, 4.69) is 10.3 Å². The van der Waals surface area contributed by atoms with Crippen molar-refractivity contribution in [1.29, 1.82) is 0 Å². The van der Waals surface area contributed by atoms with Crippen molar-refractivity contribution in [2.75, 3.05) is 0 Å². The largest absolute Gasteiger partial charge is 0.334 e. The van der Waals surface area contributed by atoms with E-state index in [-0.39, 0.29) is 0 Å². The molecule has 0 aromatic carbocycles. The van der Waals surface area contributed by atoms with Gasteiger partial charge in [0.15, 0.2) is 6.17 Å². The normalized spacial score (nSPS) is 13.3. The Labute approximate surface area is 100.0 Å². The lowest BCUT2D eigenvalue weighted by Crippen LogP contribution is -2.41. The highest BCUT2D eigenvalue weighted by Gasteiger charge is 2.34. The fourth-order valence-electron chi connectivity index (χ4n) is 0.951. The van der Waals surface area contributed by atoms with Gasteiger partial charge in [-0.2, -0.15) is 0 Å². The van der Waals surface area contributed by atoms with Crippen LogP contribution in [0.4, 0.5) is 0 Å². The van der Waals surface area contributed by atoms with E-state index in [1.165, 1.54) is 18.6 Å². The van der Waals surface area contributed by atoms with Crippen LogP contribution in [0.1, 0.15) is 6.17 Å². The van der Waals surface area contributed by atoms with Gasteiger partial charge in [-0.1, -0.05) is 34.8 Å². The number of carbonyl (C=O) groups excluding carboxylic acids is 1. The average Bonchev–Trinajstić information content (AvgIpc) is 2.14. The molecule has 82 valence electrons. The molecule has 1 heterocycles. The second-order valence-corrected chi connectivity index (χ2v) is 4.92. The van der Waals surface area contributed by atoms with Crippen LogP contribution in [0.25, 0.3) is 0 Å². The summed E-state index contributed by atoms with van der Waals surface area (Å²) in [4.78, 5) is 25.4. The molecule has 5 nitrogen and oxygen atoms in total. The Morgan fingerprint density at radius 2 is 2.20 bits per heavy atom. The Kier molecular flexibility index (Phi) is 3.96. The highest BCUT2D eigenvalue weighted by molar-refractivity contribution is 6.67. The van der Waals surface area contributed by atoms with Gasteiger partial charge in [-0.05, 0) is 0 Å². The predicted molar refractivity (Wildman–Crippen MR) is 57.0 cm³/mol. The number of nitrogens with one attached hydrogen (secondary N) is 1. The van der Waals surface area contributed by atoms with Crippen LogP contribution in [-0.4, -0.2) is 19.8 Å². The molecule has 15 heavy (non-hydrogen) atoms. The van der Waals surface area contributed by atoms with Gasteiger partial charge in [0.05, 0.1) is 6.33 Å². The minimum absolute atomic E-state index is 0.339. The van der Waals surface area contributed by atoms with E-state index >= 15 is 0 Å². The van der Waals surface area contributed by atoms with Gasteiger partial charge in [-0.15, -0.1) is 0 Å². The first kappa shape index (κ1) is 12.3. The first-order valence-electron chi connectivity index (χ1n) is 3.75. The summed E-state index contributed by atoms with van der Waals surface area (Å²) >= 11 is 16.8. The maximum absolute atomic E-state index is 11.4. The molecule has 0 radical (unpaired) electrons. The Balaban J connectivity index is 3.16.